The molecule has 0 bridgehead atoms. The molecule has 0 saturated heterocycles. The Hall–Kier alpha value is -2.24. The van der Waals surface area contributed by atoms with Gasteiger partial charge >= 0.3 is 5.97 Å². The Morgan fingerprint density at radius 3 is 2.77 bits per heavy atom. The van der Waals surface area contributed by atoms with Crippen molar-refractivity contribution < 1.29 is 14.7 Å². The first-order valence-electron chi connectivity index (χ1n) is 6.37. The smallest absolute Gasteiger partial charge is 0.335 e. The molecule has 1 heterocycles. The largest absolute Gasteiger partial charge is 0.478 e. The lowest BCUT2D eigenvalue weighted by molar-refractivity contribution is -0.112. The second kappa shape index (κ2) is 5.87. The lowest BCUT2D eigenvalue weighted by Crippen LogP contribution is -2.17. The molecule has 4 nitrogen and oxygen atoms in total. The quantitative estimate of drug-likeness (QED) is 0.812. The van der Waals surface area contributed by atoms with Gasteiger partial charge in [-0.2, -0.15) is 0 Å². The van der Waals surface area contributed by atoms with Crippen molar-refractivity contribution in [2.45, 2.75) is 4.90 Å². The highest BCUT2D eigenvalue weighted by molar-refractivity contribution is 8.04. The number of amides is 1. The van der Waals surface area contributed by atoms with Crippen LogP contribution in [0.5, 0.6) is 0 Å². The number of hydrogen-bond acceptors (Lipinski definition) is 3. The van der Waals surface area contributed by atoms with Crippen LogP contribution in [0.3, 0.4) is 0 Å². The van der Waals surface area contributed by atoms with Crippen LogP contribution >= 0.6 is 23.4 Å². The highest BCUT2D eigenvalue weighted by Gasteiger charge is 2.22. The molecule has 0 aromatic heterocycles. The number of carboxylic acid groups (broad SMARTS) is 1. The molecule has 0 aliphatic carbocycles. The first kappa shape index (κ1) is 14.7. The third kappa shape index (κ3) is 3.00. The topological polar surface area (TPSA) is 66.4 Å². The van der Waals surface area contributed by atoms with Gasteiger partial charge in [0.15, 0.2) is 0 Å². The average Bonchev–Trinajstić information content (AvgIpc) is 2.47. The summed E-state index contributed by atoms with van der Waals surface area (Å²) in [6, 6.07) is 11.9. The number of anilines is 1. The van der Waals surface area contributed by atoms with Gasteiger partial charge < -0.3 is 10.4 Å². The van der Waals surface area contributed by atoms with Gasteiger partial charge in [-0.1, -0.05) is 35.5 Å². The van der Waals surface area contributed by atoms with Crippen LogP contribution in [-0.4, -0.2) is 17.0 Å². The minimum Gasteiger partial charge on any atom is -0.478 e. The molecule has 3 rings (SSSR count). The minimum absolute atomic E-state index is 0.141. The lowest BCUT2D eigenvalue weighted by Gasteiger charge is -2.19. The van der Waals surface area contributed by atoms with Crippen molar-refractivity contribution in [2.75, 3.05) is 5.32 Å². The average molecular weight is 332 g/mol. The van der Waals surface area contributed by atoms with Crippen molar-refractivity contribution >= 4 is 47.0 Å². The Balaban J connectivity index is 1.95. The van der Waals surface area contributed by atoms with Gasteiger partial charge in [-0.15, -0.1) is 0 Å². The number of benzene rings is 2. The van der Waals surface area contributed by atoms with Gasteiger partial charge in [-0.05, 0) is 42.0 Å². The monoisotopic (exact) mass is 331 g/mol. The van der Waals surface area contributed by atoms with Crippen molar-refractivity contribution in [1.82, 2.24) is 0 Å². The van der Waals surface area contributed by atoms with E-state index in [4.69, 9.17) is 16.7 Å². The number of thioether (sulfide) groups is 1. The molecule has 1 aliphatic rings. The molecule has 22 heavy (non-hydrogen) atoms. The summed E-state index contributed by atoms with van der Waals surface area (Å²) in [7, 11) is 0. The number of nitrogens with one attached hydrogen (secondary N) is 1. The molecular formula is C16H10ClNO3S. The fourth-order valence-electron chi connectivity index (χ4n) is 2.04. The molecule has 110 valence electrons. The molecule has 1 amide bonds. The fraction of sp³-hybridized carbons (Fsp3) is 0. The van der Waals surface area contributed by atoms with Crippen molar-refractivity contribution in [3.63, 3.8) is 0 Å². The highest BCUT2D eigenvalue weighted by Crippen LogP contribution is 2.39. The summed E-state index contributed by atoms with van der Waals surface area (Å²) in [4.78, 5) is 24.4. The molecule has 2 N–H and O–H groups in total. The predicted octanol–water partition coefficient (Wildman–Crippen LogP) is 4.12. The third-order valence-electron chi connectivity index (χ3n) is 3.06. The van der Waals surface area contributed by atoms with Gasteiger partial charge in [0.25, 0.3) is 5.91 Å². The second-order valence-electron chi connectivity index (χ2n) is 4.64. The Morgan fingerprint density at radius 2 is 2.05 bits per heavy atom. The standard InChI is InChI=1S/C16H10ClNO3S/c17-11-3-1-2-9(6-11)7-14-15(19)18-12-8-10(16(20)21)4-5-13(12)22-14/h1-8H,(H,18,19)(H,20,21)/b14-7+. The maximum absolute atomic E-state index is 12.1. The van der Waals surface area contributed by atoms with E-state index in [2.05, 4.69) is 5.32 Å². The van der Waals surface area contributed by atoms with Crippen molar-refractivity contribution in [1.29, 1.82) is 0 Å². The van der Waals surface area contributed by atoms with Crippen LogP contribution < -0.4 is 5.32 Å². The van der Waals surface area contributed by atoms with Gasteiger partial charge in [-0.3, -0.25) is 4.79 Å². The maximum Gasteiger partial charge on any atom is 0.335 e. The number of aromatic carboxylic acids is 1. The van der Waals surface area contributed by atoms with E-state index in [1.807, 2.05) is 12.1 Å². The SMILES string of the molecule is O=C1Nc2cc(C(=O)O)ccc2S/C1=C/c1cccc(Cl)c1. The molecule has 6 heteroatoms. The van der Waals surface area contributed by atoms with Gasteiger partial charge in [0.2, 0.25) is 0 Å². The van der Waals surface area contributed by atoms with Gasteiger partial charge in [-0.25, -0.2) is 4.79 Å². The van der Waals surface area contributed by atoms with Gasteiger partial charge in [0.05, 0.1) is 16.2 Å². The summed E-state index contributed by atoms with van der Waals surface area (Å²) in [6.45, 7) is 0. The van der Waals surface area contributed by atoms with Crippen LogP contribution in [0.15, 0.2) is 52.3 Å². The van der Waals surface area contributed by atoms with E-state index in [9.17, 15) is 9.59 Å². The summed E-state index contributed by atoms with van der Waals surface area (Å²) in [6.07, 6.45) is 1.75. The number of hydrogen-bond donors (Lipinski definition) is 2. The Kier molecular flexibility index (Phi) is 3.92. The Bertz CT molecular complexity index is 817. The normalized spacial score (nSPS) is 15.3. The molecule has 0 spiro atoms. The second-order valence-corrected chi connectivity index (χ2v) is 6.16. The Labute approximate surface area is 135 Å². The van der Waals surface area contributed by atoms with Crippen LogP contribution in [0.4, 0.5) is 5.69 Å². The molecule has 2 aromatic rings. The van der Waals surface area contributed by atoms with Crippen molar-refractivity contribution in [2.24, 2.45) is 0 Å². The predicted molar refractivity (Wildman–Crippen MR) is 87.3 cm³/mol. The van der Waals surface area contributed by atoms with E-state index in [-0.39, 0.29) is 11.5 Å². The summed E-state index contributed by atoms with van der Waals surface area (Å²) >= 11 is 7.23. The lowest BCUT2D eigenvalue weighted by atomic mass is 10.2. The number of rotatable bonds is 2. The molecule has 0 atom stereocenters. The molecular weight excluding hydrogens is 322 g/mol. The fourth-order valence-corrected chi connectivity index (χ4v) is 3.17. The molecule has 0 fully saturated rings. The number of carbonyl (C=O) groups excluding carboxylic acids is 1. The van der Waals surface area contributed by atoms with E-state index in [1.54, 1.807) is 24.3 Å². The van der Waals surface area contributed by atoms with Gasteiger partial charge in [0, 0.05) is 9.92 Å². The number of carbonyl (C=O) groups is 2. The zero-order valence-corrected chi connectivity index (χ0v) is 12.7. The maximum atomic E-state index is 12.1. The summed E-state index contributed by atoms with van der Waals surface area (Å²) in [5, 5.41) is 12.3. The highest BCUT2D eigenvalue weighted by atomic mass is 35.5. The Morgan fingerprint density at radius 1 is 1.23 bits per heavy atom. The van der Waals surface area contributed by atoms with E-state index >= 15 is 0 Å². The molecule has 1 aliphatic heterocycles. The minimum atomic E-state index is -1.03. The van der Waals surface area contributed by atoms with E-state index < -0.39 is 5.97 Å². The number of halogens is 1. The van der Waals surface area contributed by atoms with E-state index in [0.717, 1.165) is 10.5 Å². The summed E-state index contributed by atoms with van der Waals surface area (Å²) in [5.74, 6) is -1.29. The first-order valence-corrected chi connectivity index (χ1v) is 7.56. The van der Waals surface area contributed by atoms with Crippen LogP contribution in [0, 0.1) is 0 Å². The molecule has 0 radical (unpaired) electrons. The van der Waals surface area contributed by atoms with Gasteiger partial charge in [0.1, 0.15) is 0 Å². The first-order chi connectivity index (χ1) is 10.5. The molecule has 0 saturated carbocycles. The van der Waals surface area contributed by atoms with Crippen molar-refractivity contribution in [3.05, 3.63) is 63.5 Å². The zero-order chi connectivity index (χ0) is 15.7. The number of carboxylic acids is 1. The molecule has 2 aromatic carbocycles. The van der Waals surface area contributed by atoms with Crippen LogP contribution in [0.25, 0.3) is 6.08 Å². The third-order valence-corrected chi connectivity index (χ3v) is 4.40. The number of fused-ring (bicyclic) bond motifs is 1. The zero-order valence-electron chi connectivity index (χ0n) is 11.2. The van der Waals surface area contributed by atoms with Crippen LogP contribution in [-0.2, 0) is 4.79 Å². The summed E-state index contributed by atoms with van der Waals surface area (Å²) < 4.78 is 0. The molecule has 0 unspecified atom stereocenters. The van der Waals surface area contributed by atoms with E-state index in [1.165, 1.54) is 23.9 Å². The van der Waals surface area contributed by atoms with Crippen LogP contribution in [0.2, 0.25) is 5.02 Å². The van der Waals surface area contributed by atoms with E-state index in [0.29, 0.717) is 15.6 Å². The van der Waals surface area contributed by atoms with Crippen molar-refractivity contribution in [3.8, 4) is 0 Å². The summed E-state index contributed by atoms with van der Waals surface area (Å²) in [5.41, 5.74) is 1.48. The van der Waals surface area contributed by atoms with Crippen LogP contribution in [0.1, 0.15) is 15.9 Å².